The number of imide groups is 1. The number of aliphatic hydroxyl groups is 1. The fourth-order valence-corrected chi connectivity index (χ4v) is 1.48. The van der Waals surface area contributed by atoms with Gasteiger partial charge in [0.15, 0.2) is 0 Å². The number of unbranched alkanes of at least 4 members (excludes halogenated alkanes) is 1. The van der Waals surface area contributed by atoms with Gasteiger partial charge in [0.1, 0.15) is 0 Å². The van der Waals surface area contributed by atoms with Crippen molar-refractivity contribution in [1.29, 1.82) is 0 Å². The fourth-order valence-electron chi connectivity index (χ4n) is 1.48. The highest BCUT2D eigenvalue weighted by Gasteiger charge is 2.31. The minimum Gasteiger partial charge on any atom is -0.396 e. The Morgan fingerprint density at radius 3 is 2.79 bits per heavy atom. The SMILES string of the molecule is NC1CCC(=O)N(CCCCO)C1=O. The summed E-state index contributed by atoms with van der Waals surface area (Å²) in [5.74, 6) is -0.422. The summed E-state index contributed by atoms with van der Waals surface area (Å²) in [6.07, 6.45) is 2.05. The molecule has 0 radical (unpaired) electrons. The Morgan fingerprint density at radius 1 is 1.43 bits per heavy atom. The quantitative estimate of drug-likeness (QED) is 0.461. The highest BCUT2D eigenvalue weighted by molar-refractivity contribution is 6.00. The van der Waals surface area contributed by atoms with Gasteiger partial charge in [0.05, 0.1) is 6.04 Å². The van der Waals surface area contributed by atoms with E-state index in [2.05, 4.69) is 0 Å². The van der Waals surface area contributed by atoms with Crippen LogP contribution in [0.15, 0.2) is 0 Å². The van der Waals surface area contributed by atoms with Gasteiger partial charge in [-0.15, -0.1) is 0 Å². The lowest BCUT2D eigenvalue weighted by Gasteiger charge is -2.28. The molecule has 1 unspecified atom stereocenters. The summed E-state index contributed by atoms with van der Waals surface area (Å²) < 4.78 is 0. The molecule has 0 aliphatic carbocycles. The number of hydrogen-bond donors (Lipinski definition) is 2. The largest absolute Gasteiger partial charge is 0.396 e. The highest BCUT2D eigenvalue weighted by atomic mass is 16.3. The van der Waals surface area contributed by atoms with Gasteiger partial charge in [-0.05, 0) is 19.3 Å². The van der Waals surface area contributed by atoms with E-state index < -0.39 is 6.04 Å². The predicted molar refractivity (Wildman–Crippen MR) is 50.2 cm³/mol. The molecule has 80 valence electrons. The number of carbonyl (C=O) groups is 2. The van der Waals surface area contributed by atoms with Gasteiger partial charge in [0.25, 0.3) is 0 Å². The molecule has 2 amide bonds. The van der Waals surface area contributed by atoms with Gasteiger partial charge < -0.3 is 10.8 Å². The lowest BCUT2D eigenvalue weighted by atomic mass is 10.0. The lowest BCUT2D eigenvalue weighted by Crippen LogP contribution is -2.51. The maximum absolute atomic E-state index is 11.4. The predicted octanol–water partition coefficient (Wildman–Crippen LogP) is -0.765. The molecular formula is C9H16N2O3. The van der Waals surface area contributed by atoms with E-state index in [1.165, 1.54) is 4.90 Å². The Labute approximate surface area is 82.9 Å². The molecule has 5 nitrogen and oxygen atoms in total. The first-order valence-electron chi connectivity index (χ1n) is 4.87. The molecule has 1 aliphatic rings. The number of amides is 2. The summed E-state index contributed by atoms with van der Waals surface area (Å²) in [7, 11) is 0. The number of nitrogens with zero attached hydrogens (tertiary/aromatic N) is 1. The summed E-state index contributed by atoms with van der Waals surface area (Å²) in [6, 6.07) is -0.526. The van der Waals surface area contributed by atoms with Crippen molar-refractivity contribution in [2.45, 2.75) is 31.7 Å². The second kappa shape index (κ2) is 5.07. The van der Waals surface area contributed by atoms with E-state index in [0.29, 0.717) is 32.2 Å². The summed E-state index contributed by atoms with van der Waals surface area (Å²) >= 11 is 0. The Kier molecular flexibility index (Phi) is 4.03. The van der Waals surface area contributed by atoms with Crippen LogP contribution < -0.4 is 5.73 Å². The molecule has 1 heterocycles. The Bertz CT molecular complexity index is 230. The van der Waals surface area contributed by atoms with E-state index in [1.807, 2.05) is 0 Å². The first-order valence-corrected chi connectivity index (χ1v) is 4.87. The first-order chi connectivity index (χ1) is 6.66. The third-order valence-electron chi connectivity index (χ3n) is 2.34. The zero-order valence-corrected chi connectivity index (χ0v) is 8.11. The lowest BCUT2D eigenvalue weighted by molar-refractivity contribution is -0.149. The number of hydrogen-bond acceptors (Lipinski definition) is 4. The molecule has 1 atom stereocenters. The van der Waals surface area contributed by atoms with Crippen LogP contribution >= 0.6 is 0 Å². The van der Waals surface area contributed by atoms with E-state index >= 15 is 0 Å². The summed E-state index contributed by atoms with van der Waals surface area (Å²) in [4.78, 5) is 24.0. The van der Waals surface area contributed by atoms with Crippen molar-refractivity contribution in [3.8, 4) is 0 Å². The number of nitrogens with two attached hydrogens (primary N) is 1. The standard InChI is InChI=1S/C9H16N2O3/c10-7-3-4-8(13)11(9(7)14)5-1-2-6-12/h7,12H,1-6,10H2. The molecule has 14 heavy (non-hydrogen) atoms. The number of rotatable bonds is 4. The zero-order chi connectivity index (χ0) is 10.6. The van der Waals surface area contributed by atoms with Crippen LogP contribution in [-0.2, 0) is 9.59 Å². The van der Waals surface area contributed by atoms with Crippen LogP contribution in [0, 0.1) is 0 Å². The van der Waals surface area contributed by atoms with E-state index in [9.17, 15) is 9.59 Å². The highest BCUT2D eigenvalue weighted by Crippen LogP contribution is 2.12. The Morgan fingerprint density at radius 2 is 2.14 bits per heavy atom. The van der Waals surface area contributed by atoms with Crippen molar-refractivity contribution >= 4 is 11.8 Å². The van der Waals surface area contributed by atoms with Crippen LogP contribution in [0.4, 0.5) is 0 Å². The molecule has 0 aromatic carbocycles. The van der Waals surface area contributed by atoms with E-state index in [4.69, 9.17) is 10.8 Å². The smallest absolute Gasteiger partial charge is 0.246 e. The molecular weight excluding hydrogens is 184 g/mol. The summed E-state index contributed by atoms with van der Waals surface area (Å²) in [5.41, 5.74) is 5.54. The maximum atomic E-state index is 11.4. The summed E-state index contributed by atoms with van der Waals surface area (Å²) in [6.45, 7) is 0.466. The Balaban J connectivity index is 2.46. The van der Waals surface area contributed by atoms with Gasteiger partial charge >= 0.3 is 0 Å². The van der Waals surface area contributed by atoms with Gasteiger partial charge in [-0.2, -0.15) is 0 Å². The molecule has 1 rings (SSSR count). The van der Waals surface area contributed by atoms with Crippen LogP contribution in [0.5, 0.6) is 0 Å². The van der Waals surface area contributed by atoms with Gasteiger partial charge in [-0.25, -0.2) is 0 Å². The van der Waals surface area contributed by atoms with Gasteiger partial charge in [0.2, 0.25) is 11.8 Å². The summed E-state index contributed by atoms with van der Waals surface area (Å²) in [5, 5.41) is 8.57. The molecule has 3 N–H and O–H groups in total. The van der Waals surface area contributed by atoms with Crippen molar-refractivity contribution in [1.82, 2.24) is 4.90 Å². The normalized spacial score (nSPS) is 23.0. The van der Waals surface area contributed by atoms with Gasteiger partial charge in [-0.1, -0.05) is 0 Å². The van der Waals surface area contributed by atoms with Crippen LogP contribution in [0.1, 0.15) is 25.7 Å². The Hall–Kier alpha value is -0.940. The van der Waals surface area contributed by atoms with E-state index in [1.54, 1.807) is 0 Å². The van der Waals surface area contributed by atoms with Crippen LogP contribution in [0.2, 0.25) is 0 Å². The topological polar surface area (TPSA) is 83.6 Å². The van der Waals surface area contributed by atoms with Crippen molar-refractivity contribution in [3.63, 3.8) is 0 Å². The molecule has 0 spiro atoms. The molecule has 1 fully saturated rings. The average molecular weight is 200 g/mol. The monoisotopic (exact) mass is 200 g/mol. The molecule has 0 bridgehead atoms. The van der Waals surface area contributed by atoms with Crippen molar-refractivity contribution < 1.29 is 14.7 Å². The van der Waals surface area contributed by atoms with E-state index in [-0.39, 0.29) is 18.4 Å². The van der Waals surface area contributed by atoms with Gasteiger partial charge in [0, 0.05) is 19.6 Å². The zero-order valence-electron chi connectivity index (χ0n) is 8.11. The fraction of sp³-hybridized carbons (Fsp3) is 0.778. The van der Waals surface area contributed by atoms with Crippen LogP contribution in [-0.4, -0.2) is 41.0 Å². The number of carbonyl (C=O) groups excluding carboxylic acids is 2. The van der Waals surface area contributed by atoms with Crippen molar-refractivity contribution in [3.05, 3.63) is 0 Å². The molecule has 0 saturated carbocycles. The number of likely N-dealkylation sites (tertiary alicyclic amines) is 1. The van der Waals surface area contributed by atoms with Crippen LogP contribution in [0.25, 0.3) is 0 Å². The van der Waals surface area contributed by atoms with Gasteiger partial charge in [-0.3, -0.25) is 14.5 Å². The second-order valence-electron chi connectivity index (χ2n) is 3.46. The number of piperidine rings is 1. The van der Waals surface area contributed by atoms with E-state index in [0.717, 1.165) is 0 Å². The third-order valence-corrected chi connectivity index (χ3v) is 2.34. The second-order valence-corrected chi connectivity index (χ2v) is 3.46. The molecule has 0 aromatic rings. The van der Waals surface area contributed by atoms with Crippen LogP contribution in [0.3, 0.4) is 0 Å². The molecule has 1 aliphatic heterocycles. The first kappa shape index (κ1) is 11.1. The van der Waals surface area contributed by atoms with Crippen molar-refractivity contribution in [2.75, 3.05) is 13.2 Å². The maximum Gasteiger partial charge on any atom is 0.246 e. The number of aliphatic hydroxyl groups excluding tert-OH is 1. The molecule has 1 saturated heterocycles. The molecule has 0 aromatic heterocycles. The third kappa shape index (κ3) is 2.52. The van der Waals surface area contributed by atoms with Crippen molar-refractivity contribution in [2.24, 2.45) is 5.73 Å². The molecule has 5 heteroatoms. The average Bonchev–Trinajstić information content (AvgIpc) is 2.18. The minimum atomic E-state index is -0.526. The minimum absolute atomic E-state index is 0.0856.